The Morgan fingerprint density at radius 2 is 1.72 bits per heavy atom. The fourth-order valence-electron chi connectivity index (χ4n) is 4.28. The summed E-state index contributed by atoms with van der Waals surface area (Å²) >= 11 is 1.53. The van der Waals surface area contributed by atoms with Gasteiger partial charge in [-0.3, -0.25) is 14.5 Å². The van der Waals surface area contributed by atoms with E-state index in [0.717, 1.165) is 36.4 Å². The van der Waals surface area contributed by atoms with Crippen LogP contribution in [0.4, 0.5) is 5.69 Å². The minimum atomic E-state index is -0.135. The number of rotatable bonds is 9. The molecule has 0 saturated carbocycles. The summed E-state index contributed by atoms with van der Waals surface area (Å²) in [5, 5.41) is 1.96. The molecule has 0 saturated heterocycles. The lowest BCUT2D eigenvalue weighted by atomic mass is 10.1. The van der Waals surface area contributed by atoms with Crippen LogP contribution in [0.1, 0.15) is 55.9 Å². The summed E-state index contributed by atoms with van der Waals surface area (Å²) in [6.07, 6.45) is 7.71. The third kappa shape index (κ3) is 3.88. The Morgan fingerprint density at radius 3 is 2.52 bits per heavy atom. The molecule has 0 aliphatic carbocycles. The van der Waals surface area contributed by atoms with Crippen LogP contribution in [0.15, 0.2) is 47.5 Å². The van der Waals surface area contributed by atoms with E-state index in [1.807, 2.05) is 29.6 Å². The molecule has 2 aliphatic rings. The molecule has 1 aromatic carbocycles. The average Bonchev–Trinajstić information content (AvgIpc) is 3.44. The van der Waals surface area contributed by atoms with Crippen molar-refractivity contribution in [1.82, 2.24) is 4.90 Å². The number of fused-ring (bicyclic) bond motifs is 1. The van der Waals surface area contributed by atoms with E-state index in [-0.39, 0.29) is 11.8 Å². The fourth-order valence-corrected chi connectivity index (χ4v) is 5.04. The van der Waals surface area contributed by atoms with Gasteiger partial charge in [-0.05, 0) is 35.9 Å². The van der Waals surface area contributed by atoms with Crippen LogP contribution in [-0.2, 0) is 16.0 Å². The normalized spacial score (nSPS) is 16.3. The summed E-state index contributed by atoms with van der Waals surface area (Å²) in [4.78, 5) is 31.1. The molecule has 1 aromatic heterocycles. The highest BCUT2D eigenvalue weighted by molar-refractivity contribution is 7.11. The molecule has 3 heterocycles. The molecule has 2 aromatic rings. The number of anilines is 1. The summed E-state index contributed by atoms with van der Waals surface area (Å²) in [6.45, 7) is 3.46. The maximum atomic E-state index is 13.4. The van der Waals surface area contributed by atoms with Gasteiger partial charge < -0.3 is 4.90 Å². The van der Waals surface area contributed by atoms with E-state index in [4.69, 9.17) is 0 Å². The summed E-state index contributed by atoms with van der Waals surface area (Å²) in [6, 6.07) is 12.1. The van der Waals surface area contributed by atoms with Crippen molar-refractivity contribution in [2.75, 3.05) is 18.0 Å². The lowest BCUT2D eigenvalue weighted by Crippen LogP contribution is -2.35. The first-order valence-corrected chi connectivity index (χ1v) is 11.6. The molecule has 4 rings (SSSR count). The van der Waals surface area contributed by atoms with Crippen LogP contribution in [0.3, 0.4) is 0 Å². The predicted octanol–water partition coefficient (Wildman–Crippen LogP) is 5.25. The molecule has 0 fully saturated rings. The van der Waals surface area contributed by atoms with Crippen LogP contribution in [0.25, 0.3) is 5.57 Å². The number of carbonyl (C=O) groups excluding carboxylic acids is 2. The molecular formula is C24H28N2O2S. The van der Waals surface area contributed by atoms with Gasteiger partial charge in [0, 0.05) is 23.7 Å². The van der Waals surface area contributed by atoms with Gasteiger partial charge >= 0.3 is 0 Å². The Kier molecular flexibility index (Phi) is 6.14. The molecule has 0 N–H and O–H groups in total. The number of nitrogens with zero attached hydrogens (tertiary/aromatic N) is 2. The second-order valence-electron chi connectivity index (χ2n) is 7.76. The third-order valence-corrected chi connectivity index (χ3v) is 6.69. The molecule has 0 radical (unpaired) electrons. The Labute approximate surface area is 176 Å². The molecule has 4 nitrogen and oxygen atoms in total. The standard InChI is InChI=1S/C24H28N2O2S/c1-2-3-4-5-6-9-15-26-23(27)21(20-13-10-17-29-20)22(24(26)28)25-16-14-18-11-7-8-12-19(18)25/h7-8,10-13,17H,2-6,9,14-16H2,1H3. The molecule has 0 bridgehead atoms. The lowest BCUT2D eigenvalue weighted by Gasteiger charge is -2.21. The minimum Gasteiger partial charge on any atom is -0.336 e. The largest absolute Gasteiger partial charge is 0.336 e. The van der Waals surface area contributed by atoms with E-state index in [1.165, 1.54) is 47.5 Å². The predicted molar refractivity (Wildman–Crippen MR) is 119 cm³/mol. The Balaban J connectivity index is 1.58. The van der Waals surface area contributed by atoms with Crippen molar-refractivity contribution in [3.63, 3.8) is 0 Å². The molecule has 0 spiro atoms. The van der Waals surface area contributed by atoms with Crippen LogP contribution in [0, 0.1) is 0 Å². The van der Waals surface area contributed by atoms with E-state index in [0.29, 0.717) is 17.8 Å². The Hall–Kier alpha value is -2.40. The van der Waals surface area contributed by atoms with Crippen molar-refractivity contribution in [2.45, 2.75) is 51.9 Å². The number of amides is 2. The maximum Gasteiger partial charge on any atom is 0.278 e. The minimum absolute atomic E-state index is 0.134. The van der Waals surface area contributed by atoms with Crippen LogP contribution in [0.2, 0.25) is 0 Å². The first kappa shape index (κ1) is 19.9. The first-order chi connectivity index (χ1) is 14.2. The highest BCUT2D eigenvalue weighted by Crippen LogP contribution is 2.39. The van der Waals surface area contributed by atoms with Crippen LogP contribution in [-0.4, -0.2) is 29.8 Å². The van der Waals surface area contributed by atoms with Gasteiger partial charge in [-0.1, -0.05) is 63.3 Å². The number of benzene rings is 1. The fraction of sp³-hybridized carbons (Fsp3) is 0.417. The Morgan fingerprint density at radius 1 is 0.931 bits per heavy atom. The molecule has 5 heteroatoms. The maximum absolute atomic E-state index is 13.4. The molecule has 2 aliphatic heterocycles. The quantitative estimate of drug-likeness (QED) is 0.420. The SMILES string of the molecule is CCCCCCCCN1C(=O)C(c2cccs2)=C(N2CCc3ccccc32)C1=O. The average molecular weight is 409 g/mol. The zero-order valence-electron chi connectivity index (χ0n) is 17.0. The summed E-state index contributed by atoms with van der Waals surface area (Å²) in [5.74, 6) is -0.269. The second kappa shape index (κ2) is 8.95. The number of unbranched alkanes of at least 4 members (excludes halogenated alkanes) is 5. The number of imide groups is 1. The smallest absolute Gasteiger partial charge is 0.278 e. The van der Waals surface area contributed by atoms with E-state index in [9.17, 15) is 9.59 Å². The second-order valence-corrected chi connectivity index (χ2v) is 8.71. The van der Waals surface area contributed by atoms with Gasteiger partial charge in [0.05, 0.1) is 5.57 Å². The molecule has 0 unspecified atom stereocenters. The summed E-state index contributed by atoms with van der Waals surface area (Å²) in [7, 11) is 0. The third-order valence-electron chi connectivity index (χ3n) is 5.80. The van der Waals surface area contributed by atoms with E-state index >= 15 is 0 Å². The highest BCUT2D eigenvalue weighted by Gasteiger charge is 2.43. The highest BCUT2D eigenvalue weighted by atomic mass is 32.1. The van der Waals surface area contributed by atoms with Crippen LogP contribution < -0.4 is 4.90 Å². The van der Waals surface area contributed by atoms with Gasteiger partial charge in [-0.15, -0.1) is 11.3 Å². The van der Waals surface area contributed by atoms with Gasteiger partial charge in [-0.25, -0.2) is 0 Å². The summed E-state index contributed by atoms with van der Waals surface area (Å²) < 4.78 is 0. The van der Waals surface area contributed by atoms with E-state index < -0.39 is 0 Å². The van der Waals surface area contributed by atoms with Crippen molar-refractivity contribution >= 4 is 34.4 Å². The Bertz CT molecular complexity index is 917. The number of hydrogen-bond donors (Lipinski definition) is 0. The molecule has 2 amide bonds. The monoisotopic (exact) mass is 408 g/mol. The van der Waals surface area contributed by atoms with Crippen molar-refractivity contribution < 1.29 is 9.59 Å². The first-order valence-electron chi connectivity index (χ1n) is 10.7. The van der Waals surface area contributed by atoms with Gasteiger partial charge in [0.15, 0.2) is 0 Å². The number of hydrogen-bond acceptors (Lipinski definition) is 4. The van der Waals surface area contributed by atoms with Gasteiger partial charge in [0.25, 0.3) is 11.8 Å². The number of thiophene rings is 1. The molecule has 0 atom stereocenters. The van der Waals surface area contributed by atoms with Crippen molar-refractivity contribution in [3.8, 4) is 0 Å². The van der Waals surface area contributed by atoms with Gasteiger partial charge in [-0.2, -0.15) is 0 Å². The van der Waals surface area contributed by atoms with Crippen molar-refractivity contribution in [1.29, 1.82) is 0 Å². The van der Waals surface area contributed by atoms with Crippen LogP contribution in [0.5, 0.6) is 0 Å². The van der Waals surface area contributed by atoms with Gasteiger partial charge in [0.2, 0.25) is 0 Å². The number of carbonyl (C=O) groups is 2. The molecular weight excluding hydrogens is 380 g/mol. The van der Waals surface area contributed by atoms with Crippen LogP contribution >= 0.6 is 11.3 Å². The topological polar surface area (TPSA) is 40.6 Å². The van der Waals surface area contributed by atoms with E-state index in [2.05, 4.69) is 24.0 Å². The van der Waals surface area contributed by atoms with Crippen molar-refractivity contribution in [2.24, 2.45) is 0 Å². The zero-order chi connectivity index (χ0) is 20.2. The zero-order valence-corrected chi connectivity index (χ0v) is 17.8. The van der Waals surface area contributed by atoms with Crippen molar-refractivity contribution in [3.05, 3.63) is 57.9 Å². The lowest BCUT2D eigenvalue weighted by molar-refractivity contribution is -0.136. The molecule has 152 valence electrons. The number of para-hydroxylation sites is 1. The van der Waals surface area contributed by atoms with E-state index in [1.54, 1.807) is 0 Å². The molecule has 29 heavy (non-hydrogen) atoms. The summed E-state index contributed by atoms with van der Waals surface area (Å²) in [5.41, 5.74) is 3.43. The van der Waals surface area contributed by atoms with Gasteiger partial charge in [0.1, 0.15) is 5.70 Å².